The molecule has 2 saturated heterocycles. The van der Waals surface area contributed by atoms with Gasteiger partial charge in [0.15, 0.2) is 22.4 Å². The third kappa shape index (κ3) is 5.28. The zero-order valence-corrected chi connectivity index (χ0v) is 21.3. The fraction of sp³-hybridized carbons (Fsp3) is 0.520. The number of hydrogen-bond acceptors (Lipinski definition) is 8. The second-order valence-electron chi connectivity index (χ2n) is 9.51. The number of carbonyl (C=O) groups excluding carboxylic acids is 1. The molecule has 1 atom stereocenters. The highest BCUT2D eigenvalue weighted by atomic mass is 32.1. The molecule has 2 aliphatic rings. The Kier molecular flexibility index (Phi) is 7.59. The van der Waals surface area contributed by atoms with E-state index in [0.717, 1.165) is 32.7 Å². The highest BCUT2D eigenvalue weighted by Gasteiger charge is 2.22. The van der Waals surface area contributed by atoms with Crippen molar-refractivity contribution in [3.05, 3.63) is 45.4 Å². The highest BCUT2D eigenvalue weighted by Crippen LogP contribution is 2.22. The molecule has 0 saturated carbocycles. The van der Waals surface area contributed by atoms with Gasteiger partial charge in [0.05, 0.1) is 5.39 Å². The normalized spacial score (nSPS) is 18.8. The SMILES string of the molecule is CC1CCCN1CCNc1nc2c(cc1F)c(=O)c(C(=O)NCCN1CCCC1)cn2-c1nccs1. The molecule has 192 valence electrons. The number of halogens is 1. The van der Waals surface area contributed by atoms with Crippen molar-refractivity contribution in [2.45, 2.75) is 38.6 Å². The number of thiazole rings is 1. The van der Waals surface area contributed by atoms with E-state index in [9.17, 15) is 9.59 Å². The molecule has 1 amide bonds. The summed E-state index contributed by atoms with van der Waals surface area (Å²) >= 11 is 1.35. The molecule has 2 N–H and O–H groups in total. The minimum absolute atomic E-state index is 0.0496. The van der Waals surface area contributed by atoms with Crippen LogP contribution < -0.4 is 16.1 Å². The maximum Gasteiger partial charge on any atom is 0.256 e. The van der Waals surface area contributed by atoms with Crippen LogP contribution in [0.25, 0.3) is 16.2 Å². The predicted molar refractivity (Wildman–Crippen MR) is 140 cm³/mol. The molecule has 1 unspecified atom stereocenters. The average molecular weight is 514 g/mol. The van der Waals surface area contributed by atoms with Crippen LogP contribution in [0.5, 0.6) is 0 Å². The molecule has 0 radical (unpaired) electrons. The van der Waals surface area contributed by atoms with Crippen molar-refractivity contribution >= 4 is 34.1 Å². The topological polar surface area (TPSA) is 95.4 Å². The Morgan fingerprint density at radius 2 is 2.03 bits per heavy atom. The molecule has 2 aliphatic heterocycles. The zero-order chi connectivity index (χ0) is 25.1. The molecule has 0 bridgehead atoms. The van der Waals surface area contributed by atoms with Gasteiger partial charge in [0, 0.05) is 50.0 Å². The maximum atomic E-state index is 15.1. The van der Waals surface area contributed by atoms with Crippen LogP contribution in [0.1, 0.15) is 43.0 Å². The quantitative estimate of drug-likeness (QED) is 0.454. The van der Waals surface area contributed by atoms with E-state index in [2.05, 4.69) is 37.3 Å². The summed E-state index contributed by atoms with van der Waals surface area (Å²) in [5.41, 5.74) is -0.327. The van der Waals surface area contributed by atoms with Crippen LogP contribution in [-0.4, -0.2) is 82.1 Å². The molecule has 0 aliphatic carbocycles. The number of carbonyl (C=O) groups is 1. The third-order valence-electron chi connectivity index (χ3n) is 7.10. The van der Waals surface area contributed by atoms with Gasteiger partial charge in [-0.15, -0.1) is 11.3 Å². The summed E-state index contributed by atoms with van der Waals surface area (Å²) in [6.07, 6.45) is 7.80. The van der Waals surface area contributed by atoms with E-state index in [1.807, 2.05) is 0 Å². The number of rotatable bonds is 9. The Balaban J connectivity index is 1.41. The van der Waals surface area contributed by atoms with Gasteiger partial charge in [-0.2, -0.15) is 0 Å². The lowest BCUT2D eigenvalue weighted by Gasteiger charge is -2.21. The molecule has 5 heterocycles. The number of pyridine rings is 2. The van der Waals surface area contributed by atoms with E-state index in [1.54, 1.807) is 16.1 Å². The predicted octanol–water partition coefficient (Wildman–Crippen LogP) is 2.70. The summed E-state index contributed by atoms with van der Waals surface area (Å²) in [4.78, 5) is 39.7. The van der Waals surface area contributed by atoms with Gasteiger partial charge in [-0.25, -0.2) is 14.4 Å². The molecular weight excluding hydrogens is 481 g/mol. The van der Waals surface area contributed by atoms with Gasteiger partial charge in [0.25, 0.3) is 5.91 Å². The summed E-state index contributed by atoms with van der Waals surface area (Å²) in [6.45, 7) is 7.81. The molecule has 5 rings (SSSR count). The van der Waals surface area contributed by atoms with E-state index in [0.29, 0.717) is 24.3 Å². The second kappa shape index (κ2) is 11.0. The first-order chi connectivity index (χ1) is 17.5. The number of anilines is 1. The Hall–Kier alpha value is -2.89. The Labute approximate surface area is 213 Å². The fourth-order valence-corrected chi connectivity index (χ4v) is 5.68. The smallest absolute Gasteiger partial charge is 0.256 e. The Morgan fingerprint density at radius 3 is 2.75 bits per heavy atom. The molecule has 0 aromatic carbocycles. The van der Waals surface area contributed by atoms with Crippen LogP contribution >= 0.6 is 11.3 Å². The van der Waals surface area contributed by atoms with Gasteiger partial charge in [-0.05, 0) is 58.3 Å². The third-order valence-corrected chi connectivity index (χ3v) is 7.87. The largest absolute Gasteiger partial charge is 0.366 e. The highest BCUT2D eigenvalue weighted by molar-refractivity contribution is 7.12. The number of fused-ring (bicyclic) bond motifs is 1. The zero-order valence-electron chi connectivity index (χ0n) is 20.5. The first-order valence-corrected chi connectivity index (χ1v) is 13.5. The molecule has 0 spiro atoms. The summed E-state index contributed by atoms with van der Waals surface area (Å²) in [5, 5.41) is 8.33. The summed E-state index contributed by atoms with van der Waals surface area (Å²) in [6, 6.07) is 1.70. The van der Waals surface area contributed by atoms with Crippen molar-refractivity contribution in [3.63, 3.8) is 0 Å². The molecule has 9 nitrogen and oxygen atoms in total. The lowest BCUT2D eigenvalue weighted by atomic mass is 10.1. The molecular formula is C25H32FN7O2S. The lowest BCUT2D eigenvalue weighted by Crippen LogP contribution is -2.36. The molecule has 2 fully saturated rings. The molecule has 3 aromatic rings. The minimum atomic E-state index is -0.619. The monoisotopic (exact) mass is 513 g/mol. The van der Waals surface area contributed by atoms with Crippen LogP contribution in [0.15, 0.2) is 28.6 Å². The van der Waals surface area contributed by atoms with Crippen molar-refractivity contribution in [2.24, 2.45) is 0 Å². The number of aromatic nitrogens is 3. The van der Waals surface area contributed by atoms with E-state index < -0.39 is 17.2 Å². The van der Waals surface area contributed by atoms with Gasteiger partial charge >= 0.3 is 0 Å². The van der Waals surface area contributed by atoms with Gasteiger partial charge in [0.1, 0.15) is 5.56 Å². The van der Waals surface area contributed by atoms with Gasteiger partial charge in [-0.3, -0.25) is 19.1 Å². The van der Waals surface area contributed by atoms with Gasteiger partial charge in [0.2, 0.25) is 5.43 Å². The van der Waals surface area contributed by atoms with Crippen molar-refractivity contribution in [1.82, 2.24) is 29.7 Å². The maximum absolute atomic E-state index is 15.1. The number of nitrogens with one attached hydrogen (secondary N) is 2. The van der Waals surface area contributed by atoms with Crippen molar-refractivity contribution in [3.8, 4) is 5.13 Å². The minimum Gasteiger partial charge on any atom is -0.366 e. The standard InChI is InChI=1S/C25H32FN7O2S/c1-17-5-4-11-32(17)13-7-27-22-20(26)15-18-21(34)19(24(35)28-6-12-31-9-2-3-10-31)16-33(23(18)30-22)25-29-8-14-36-25/h8,14-17H,2-7,9-13H2,1H3,(H,27,30)(H,28,35). The van der Waals surface area contributed by atoms with Crippen LogP contribution in [0.4, 0.5) is 10.2 Å². The average Bonchev–Trinajstić information content (AvgIpc) is 3.64. The van der Waals surface area contributed by atoms with Crippen molar-refractivity contribution in [2.75, 3.05) is 51.1 Å². The van der Waals surface area contributed by atoms with E-state index >= 15 is 4.39 Å². The molecule has 36 heavy (non-hydrogen) atoms. The number of amides is 1. The van der Waals surface area contributed by atoms with Crippen molar-refractivity contribution < 1.29 is 9.18 Å². The van der Waals surface area contributed by atoms with E-state index in [1.165, 1.54) is 49.3 Å². The number of hydrogen-bond donors (Lipinski definition) is 2. The number of likely N-dealkylation sites (tertiary alicyclic amines) is 2. The van der Waals surface area contributed by atoms with Crippen LogP contribution in [-0.2, 0) is 0 Å². The summed E-state index contributed by atoms with van der Waals surface area (Å²) in [5.74, 6) is -1.01. The first kappa shape index (κ1) is 24.8. The summed E-state index contributed by atoms with van der Waals surface area (Å²) in [7, 11) is 0. The first-order valence-electron chi connectivity index (χ1n) is 12.7. The van der Waals surface area contributed by atoms with Crippen LogP contribution in [0.3, 0.4) is 0 Å². The van der Waals surface area contributed by atoms with Crippen LogP contribution in [0, 0.1) is 5.82 Å². The van der Waals surface area contributed by atoms with E-state index in [4.69, 9.17) is 0 Å². The lowest BCUT2D eigenvalue weighted by molar-refractivity contribution is 0.0948. The molecule has 3 aromatic heterocycles. The van der Waals surface area contributed by atoms with Gasteiger partial charge in [-0.1, -0.05) is 0 Å². The Bertz CT molecular complexity index is 1270. The van der Waals surface area contributed by atoms with Crippen molar-refractivity contribution in [1.29, 1.82) is 0 Å². The van der Waals surface area contributed by atoms with Gasteiger partial charge < -0.3 is 15.5 Å². The van der Waals surface area contributed by atoms with E-state index in [-0.39, 0.29) is 22.4 Å². The fourth-order valence-electron chi connectivity index (χ4n) is 5.06. The summed E-state index contributed by atoms with van der Waals surface area (Å²) < 4.78 is 16.7. The van der Waals surface area contributed by atoms with Crippen LogP contribution in [0.2, 0.25) is 0 Å². The number of nitrogens with zero attached hydrogens (tertiary/aromatic N) is 5. The second-order valence-corrected chi connectivity index (χ2v) is 10.4. The Morgan fingerprint density at radius 1 is 1.19 bits per heavy atom. The molecule has 11 heteroatoms.